The van der Waals surface area contributed by atoms with Crippen LogP contribution in [0.2, 0.25) is 0 Å². The van der Waals surface area contributed by atoms with E-state index in [1.165, 1.54) is 0 Å². The molecule has 1 aromatic rings. The smallest absolute Gasteiger partial charge is 0.381 e. The van der Waals surface area contributed by atoms with Crippen molar-refractivity contribution in [2.75, 3.05) is 11.9 Å². The molecule has 0 aliphatic heterocycles. The van der Waals surface area contributed by atoms with Crippen molar-refractivity contribution in [3.8, 4) is 0 Å². The molecule has 0 unspecified atom stereocenters. The number of hydrogen-bond donors (Lipinski definition) is 1. The van der Waals surface area contributed by atoms with Crippen LogP contribution in [0.1, 0.15) is 13.8 Å². The topological polar surface area (TPSA) is 46.2 Å². The number of rotatable bonds is 4. The minimum absolute atomic E-state index is 0.133. The third kappa shape index (κ3) is 3.72. The zero-order chi connectivity index (χ0) is 15.6. The van der Waals surface area contributed by atoms with Gasteiger partial charge in [-0.25, -0.2) is 12.8 Å². The summed E-state index contributed by atoms with van der Waals surface area (Å²) in [5, 5.41) is 2.53. The Kier molecular flexibility index (Phi) is 4.80. The van der Waals surface area contributed by atoms with Crippen molar-refractivity contribution in [1.82, 2.24) is 0 Å². The fourth-order valence-corrected chi connectivity index (χ4v) is 2.30. The lowest BCUT2D eigenvalue weighted by Gasteiger charge is -2.13. The molecule has 0 aliphatic rings. The van der Waals surface area contributed by atoms with E-state index < -0.39 is 26.1 Å². The standard InChI is InChI=1S/C12H13F4NO2S/c1-8(2)5-6-17-10-4-3-9(13)7-11(10)20(18,19)12(14,15)16/h3-5,7,17H,6H2,1-2H3. The summed E-state index contributed by atoms with van der Waals surface area (Å²) in [6, 6.07) is 2.21. The zero-order valence-electron chi connectivity index (χ0n) is 10.8. The molecule has 0 spiro atoms. The fourth-order valence-electron chi connectivity index (χ4n) is 1.35. The predicted molar refractivity (Wildman–Crippen MR) is 67.6 cm³/mol. The molecule has 112 valence electrons. The van der Waals surface area contributed by atoms with E-state index in [0.717, 1.165) is 17.7 Å². The van der Waals surface area contributed by atoms with Gasteiger partial charge in [-0.2, -0.15) is 13.2 Å². The van der Waals surface area contributed by atoms with Crippen molar-refractivity contribution in [3.05, 3.63) is 35.7 Å². The van der Waals surface area contributed by atoms with E-state index in [-0.39, 0.29) is 12.2 Å². The third-order valence-electron chi connectivity index (χ3n) is 2.34. The highest BCUT2D eigenvalue weighted by atomic mass is 32.2. The van der Waals surface area contributed by atoms with E-state index in [4.69, 9.17) is 0 Å². The van der Waals surface area contributed by atoms with Gasteiger partial charge in [-0.3, -0.25) is 0 Å². The highest BCUT2D eigenvalue weighted by Crippen LogP contribution is 2.34. The molecule has 1 aromatic carbocycles. The SMILES string of the molecule is CC(C)=CCNc1ccc(F)cc1S(=O)(=O)C(F)(F)F. The van der Waals surface area contributed by atoms with E-state index in [1.807, 2.05) is 0 Å². The van der Waals surface area contributed by atoms with Gasteiger partial charge in [-0.1, -0.05) is 11.6 Å². The van der Waals surface area contributed by atoms with Crippen molar-refractivity contribution in [1.29, 1.82) is 0 Å². The van der Waals surface area contributed by atoms with Gasteiger partial charge in [-0.15, -0.1) is 0 Å². The lowest BCUT2D eigenvalue weighted by molar-refractivity contribution is -0.0435. The first-order valence-electron chi connectivity index (χ1n) is 5.54. The first-order valence-corrected chi connectivity index (χ1v) is 7.02. The molecule has 1 rings (SSSR count). The highest BCUT2D eigenvalue weighted by molar-refractivity contribution is 7.92. The van der Waals surface area contributed by atoms with Gasteiger partial charge in [-0.05, 0) is 32.0 Å². The summed E-state index contributed by atoms with van der Waals surface area (Å²) in [6.07, 6.45) is 1.66. The molecule has 8 heteroatoms. The largest absolute Gasteiger partial charge is 0.501 e. The van der Waals surface area contributed by atoms with E-state index >= 15 is 0 Å². The summed E-state index contributed by atoms with van der Waals surface area (Å²) in [6.45, 7) is 3.69. The fraction of sp³-hybridized carbons (Fsp3) is 0.333. The minimum atomic E-state index is -5.60. The lowest BCUT2D eigenvalue weighted by Crippen LogP contribution is -2.24. The number of alkyl halides is 3. The van der Waals surface area contributed by atoms with E-state index in [2.05, 4.69) is 5.32 Å². The van der Waals surface area contributed by atoms with Crippen LogP contribution in [0.5, 0.6) is 0 Å². The van der Waals surface area contributed by atoms with E-state index in [1.54, 1.807) is 19.9 Å². The van der Waals surface area contributed by atoms with E-state index in [0.29, 0.717) is 6.07 Å². The van der Waals surface area contributed by atoms with Gasteiger partial charge in [0.15, 0.2) is 0 Å². The Bertz CT molecular complexity index is 617. The molecule has 0 heterocycles. The number of nitrogens with one attached hydrogen (secondary N) is 1. The lowest BCUT2D eigenvalue weighted by atomic mass is 10.3. The summed E-state index contributed by atoms with van der Waals surface area (Å²) in [5.41, 5.74) is -4.87. The number of allylic oxidation sites excluding steroid dienone is 1. The van der Waals surface area contributed by atoms with Gasteiger partial charge in [0.25, 0.3) is 9.84 Å². The summed E-state index contributed by atoms with van der Waals surface area (Å²) in [7, 11) is -5.60. The number of sulfone groups is 1. The highest BCUT2D eigenvalue weighted by Gasteiger charge is 2.48. The number of anilines is 1. The van der Waals surface area contributed by atoms with Crippen LogP contribution in [-0.2, 0) is 9.84 Å². The Morgan fingerprint density at radius 2 is 1.90 bits per heavy atom. The van der Waals surface area contributed by atoms with Gasteiger partial charge < -0.3 is 5.32 Å². The second-order valence-electron chi connectivity index (χ2n) is 4.25. The Hall–Kier alpha value is -1.57. The summed E-state index contributed by atoms with van der Waals surface area (Å²) in [4.78, 5) is -1.12. The predicted octanol–water partition coefficient (Wildman–Crippen LogP) is 3.50. The first-order chi connectivity index (χ1) is 9.05. The summed E-state index contributed by atoms with van der Waals surface area (Å²) >= 11 is 0. The molecule has 0 aliphatic carbocycles. The zero-order valence-corrected chi connectivity index (χ0v) is 11.6. The van der Waals surface area contributed by atoms with Gasteiger partial charge >= 0.3 is 5.51 Å². The normalized spacial score (nSPS) is 12.1. The number of benzene rings is 1. The van der Waals surface area contributed by atoms with Crippen LogP contribution >= 0.6 is 0 Å². The molecule has 0 saturated heterocycles. The summed E-state index contributed by atoms with van der Waals surface area (Å²) in [5.74, 6) is -1.06. The van der Waals surface area contributed by atoms with Crippen LogP contribution in [0.25, 0.3) is 0 Å². The van der Waals surface area contributed by atoms with Crippen molar-refractivity contribution in [2.45, 2.75) is 24.3 Å². The maximum absolute atomic E-state index is 13.0. The van der Waals surface area contributed by atoms with E-state index in [9.17, 15) is 26.0 Å². The van der Waals surface area contributed by atoms with Gasteiger partial charge in [0.2, 0.25) is 0 Å². The van der Waals surface area contributed by atoms with Crippen LogP contribution in [0.4, 0.5) is 23.2 Å². The van der Waals surface area contributed by atoms with Crippen molar-refractivity contribution >= 4 is 15.5 Å². The maximum atomic E-state index is 13.0. The molecule has 0 amide bonds. The molecule has 0 saturated carbocycles. The first kappa shape index (κ1) is 16.5. The summed E-state index contributed by atoms with van der Waals surface area (Å²) < 4.78 is 73.4. The molecule has 20 heavy (non-hydrogen) atoms. The average Bonchev–Trinajstić information content (AvgIpc) is 2.29. The van der Waals surface area contributed by atoms with Crippen LogP contribution in [0, 0.1) is 5.82 Å². The second-order valence-corrected chi connectivity index (χ2v) is 6.16. The van der Waals surface area contributed by atoms with Gasteiger partial charge in [0, 0.05) is 6.54 Å². The number of hydrogen-bond acceptors (Lipinski definition) is 3. The second kappa shape index (κ2) is 5.82. The molecule has 1 N–H and O–H groups in total. The van der Waals surface area contributed by atoms with Crippen LogP contribution in [0.3, 0.4) is 0 Å². The monoisotopic (exact) mass is 311 g/mol. The molecule has 3 nitrogen and oxygen atoms in total. The van der Waals surface area contributed by atoms with Crippen molar-refractivity contribution < 1.29 is 26.0 Å². The average molecular weight is 311 g/mol. The number of halogens is 4. The quantitative estimate of drug-likeness (QED) is 0.684. The Morgan fingerprint density at radius 3 is 2.40 bits per heavy atom. The molecular formula is C12H13F4NO2S. The Morgan fingerprint density at radius 1 is 1.30 bits per heavy atom. The Balaban J connectivity index is 3.25. The van der Waals surface area contributed by atoms with Crippen LogP contribution < -0.4 is 5.32 Å². The van der Waals surface area contributed by atoms with Crippen molar-refractivity contribution in [3.63, 3.8) is 0 Å². The minimum Gasteiger partial charge on any atom is -0.381 e. The van der Waals surface area contributed by atoms with Gasteiger partial charge in [0.05, 0.1) is 5.69 Å². The van der Waals surface area contributed by atoms with Gasteiger partial charge in [0.1, 0.15) is 10.7 Å². The van der Waals surface area contributed by atoms with Crippen LogP contribution in [-0.4, -0.2) is 20.5 Å². The van der Waals surface area contributed by atoms with Crippen molar-refractivity contribution in [2.24, 2.45) is 0 Å². The maximum Gasteiger partial charge on any atom is 0.501 e. The molecule has 0 aromatic heterocycles. The Labute approximate surface area is 114 Å². The molecule has 0 bridgehead atoms. The third-order valence-corrected chi connectivity index (χ3v) is 3.87. The molecule has 0 radical (unpaired) electrons. The molecule has 0 fully saturated rings. The molecular weight excluding hydrogens is 298 g/mol. The molecule has 0 atom stereocenters. The van der Waals surface area contributed by atoms with Crippen LogP contribution in [0.15, 0.2) is 34.7 Å².